The summed E-state index contributed by atoms with van der Waals surface area (Å²) in [5.74, 6) is -5.53. The van der Waals surface area contributed by atoms with Gasteiger partial charge in [0.15, 0.2) is 0 Å². The van der Waals surface area contributed by atoms with Crippen molar-refractivity contribution >= 4 is 0 Å². The van der Waals surface area contributed by atoms with Crippen LogP contribution in [0.5, 0.6) is 0 Å². The van der Waals surface area contributed by atoms with E-state index in [1.807, 2.05) is 0 Å². The van der Waals surface area contributed by atoms with Gasteiger partial charge in [0.2, 0.25) is 0 Å². The second-order valence-corrected chi connectivity index (χ2v) is 3.88. The van der Waals surface area contributed by atoms with Crippen LogP contribution in [0.2, 0.25) is 0 Å². The summed E-state index contributed by atoms with van der Waals surface area (Å²) in [6.07, 6.45) is -5.67. The molecule has 1 atom stereocenters. The molecule has 0 bridgehead atoms. The lowest BCUT2D eigenvalue weighted by molar-refractivity contribution is -0.297. The lowest BCUT2D eigenvalue weighted by Gasteiger charge is -2.20. The first kappa shape index (κ1) is 15.8. The standard InChI is InChI=1S/C11H11F6NO/c12-8-3-1-2-7(4-8)9(18)5-19-6-10(13,14)11(15,16)17/h1-4,9H,5-6,18H2. The maximum Gasteiger partial charge on any atom is 0.455 e. The van der Waals surface area contributed by atoms with Gasteiger partial charge in [-0.3, -0.25) is 0 Å². The fourth-order valence-electron chi connectivity index (χ4n) is 1.23. The number of hydrogen-bond donors (Lipinski definition) is 1. The Balaban J connectivity index is 2.50. The van der Waals surface area contributed by atoms with Crippen molar-refractivity contribution in [2.45, 2.75) is 18.1 Å². The highest BCUT2D eigenvalue weighted by Gasteiger charge is 2.57. The third-order valence-electron chi connectivity index (χ3n) is 2.27. The number of ether oxygens (including phenoxy) is 1. The molecule has 2 N–H and O–H groups in total. The van der Waals surface area contributed by atoms with Gasteiger partial charge in [0.25, 0.3) is 0 Å². The molecule has 1 rings (SSSR count). The highest BCUT2D eigenvalue weighted by Crippen LogP contribution is 2.35. The van der Waals surface area contributed by atoms with E-state index in [1.54, 1.807) is 0 Å². The number of halogens is 6. The molecule has 0 saturated carbocycles. The largest absolute Gasteiger partial charge is 0.455 e. The fraction of sp³-hybridized carbons (Fsp3) is 0.455. The number of nitrogens with two attached hydrogens (primary N) is 1. The summed E-state index contributed by atoms with van der Waals surface area (Å²) in [6, 6.07) is 3.97. The summed E-state index contributed by atoms with van der Waals surface area (Å²) >= 11 is 0. The molecule has 0 heterocycles. The Labute approximate surface area is 105 Å². The highest BCUT2D eigenvalue weighted by molar-refractivity contribution is 5.19. The number of benzene rings is 1. The lowest BCUT2D eigenvalue weighted by atomic mass is 10.1. The molecule has 8 heteroatoms. The average molecular weight is 287 g/mol. The van der Waals surface area contributed by atoms with Crippen LogP contribution in [0, 0.1) is 5.82 Å². The van der Waals surface area contributed by atoms with Gasteiger partial charge in [-0.25, -0.2) is 4.39 Å². The lowest BCUT2D eigenvalue weighted by Crippen LogP contribution is -2.41. The molecule has 0 saturated heterocycles. The van der Waals surface area contributed by atoms with Crippen LogP contribution in [0.4, 0.5) is 26.3 Å². The van der Waals surface area contributed by atoms with E-state index in [4.69, 9.17) is 5.73 Å². The molecule has 0 radical (unpaired) electrons. The van der Waals surface area contributed by atoms with E-state index in [2.05, 4.69) is 4.74 Å². The normalized spacial score (nSPS) is 14.5. The van der Waals surface area contributed by atoms with E-state index in [-0.39, 0.29) is 5.56 Å². The molecule has 0 aliphatic carbocycles. The Hall–Kier alpha value is -1.28. The monoisotopic (exact) mass is 287 g/mol. The van der Waals surface area contributed by atoms with Crippen molar-refractivity contribution < 1.29 is 31.1 Å². The third-order valence-corrected chi connectivity index (χ3v) is 2.27. The predicted molar refractivity (Wildman–Crippen MR) is 55.1 cm³/mol. The summed E-state index contributed by atoms with van der Waals surface area (Å²) in [7, 11) is 0. The molecule has 0 spiro atoms. The van der Waals surface area contributed by atoms with E-state index in [9.17, 15) is 26.3 Å². The molecule has 108 valence electrons. The van der Waals surface area contributed by atoms with Crippen LogP contribution in [0.1, 0.15) is 11.6 Å². The van der Waals surface area contributed by atoms with E-state index < -0.39 is 37.2 Å². The first-order valence-electron chi connectivity index (χ1n) is 5.17. The first-order chi connectivity index (χ1) is 8.63. The van der Waals surface area contributed by atoms with Crippen molar-refractivity contribution in [1.82, 2.24) is 0 Å². The number of alkyl halides is 5. The van der Waals surface area contributed by atoms with Crippen LogP contribution >= 0.6 is 0 Å². The van der Waals surface area contributed by atoms with Gasteiger partial charge in [0.05, 0.1) is 12.6 Å². The molecule has 2 nitrogen and oxygen atoms in total. The first-order valence-corrected chi connectivity index (χ1v) is 5.17. The number of rotatable bonds is 5. The van der Waals surface area contributed by atoms with Gasteiger partial charge in [-0.2, -0.15) is 22.0 Å². The van der Waals surface area contributed by atoms with Crippen LogP contribution in [0.15, 0.2) is 24.3 Å². The molecule has 1 aromatic carbocycles. The van der Waals surface area contributed by atoms with Crippen LogP contribution in [0.25, 0.3) is 0 Å². The van der Waals surface area contributed by atoms with Crippen LogP contribution in [-0.2, 0) is 4.74 Å². The number of hydrogen-bond acceptors (Lipinski definition) is 2. The van der Waals surface area contributed by atoms with Crippen molar-refractivity contribution in [3.8, 4) is 0 Å². The summed E-state index contributed by atoms with van der Waals surface area (Å²) in [5, 5.41) is 0. The summed E-state index contributed by atoms with van der Waals surface area (Å²) < 4.78 is 77.6. The van der Waals surface area contributed by atoms with Crippen molar-refractivity contribution in [2.75, 3.05) is 13.2 Å². The van der Waals surface area contributed by atoms with Crippen molar-refractivity contribution in [3.05, 3.63) is 35.6 Å². The van der Waals surface area contributed by atoms with Gasteiger partial charge < -0.3 is 10.5 Å². The van der Waals surface area contributed by atoms with Gasteiger partial charge in [-0.05, 0) is 17.7 Å². The molecule has 1 aromatic rings. The van der Waals surface area contributed by atoms with Crippen LogP contribution in [0.3, 0.4) is 0 Å². The van der Waals surface area contributed by atoms with Gasteiger partial charge >= 0.3 is 12.1 Å². The van der Waals surface area contributed by atoms with Gasteiger partial charge in [-0.15, -0.1) is 0 Å². The summed E-state index contributed by atoms with van der Waals surface area (Å²) in [4.78, 5) is 0. The maximum atomic E-state index is 12.8. The zero-order valence-corrected chi connectivity index (χ0v) is 9.55. The topological polar surface area (TPSA) is 35.2 Å². The Morgan fingerprint density at radius 1 is 1.16 bits per heavy atom. The highest BCUT2D eigenvalue weighted by atomic mass is 19.4. The summed E-state index contributed by atoms with van der Waals surface area (Å²) in [5.41, 5.74) is 5.73. The zero-order valence-electron chi connectivity index (χ0n) is 9.55. The van der Waals surface area contributed by atoms with Gasteiger partial charge in [0.1, 0.15) is 12.4 Å². The molecule has 0 aromatic heterocycles. The molecular weight excluding hydrogens is 276 g/mol. The molecule has 0 fully saturated rings. The predicted octanol–water partition coefficient (Wildman–Crippen LogP) is 3.04. The van der Waals surface area contributed by atoms with Gasteiger partial charge in [-0.1, -0.05) is 12.1 Å². The summed E-state index contributed by atoms with van der Waals surface area (Å²) in [6.45, 7) is -2.39. The molecule has 0 aliphatic heterocycles. The van der Waals surface area contributed by atoms with E-state index in [0.717, 1.165) is 12.1 Å². The Morgan fingerprint density at radius 3 is 2.32 bits per heavy atom. The van der Waals surface area contributed by atoms with Crippen molar-refractivity contribution in [3.63, 3.8) is 0 Å². The Morgan fingerprint density at radius 2 is 1.79 bits per heavy atom. The molecular formula is C11H11F6NO. The van der Waals surface area contributed by atoms with E-state index in [1.165, 1.54) is 12.1 Å². The van der Waals surface area contributed by atoms with Gasteiger partial charge in [0, 0.05) is 0 Å². The maximum absolute atomic E-state index is 12.8. The van der Waals surface area contributed by atoms with Crippen LogP contribution < -0.4 is 5.73 Å². The Bertz CT molecular complexity index is 420. The zero-order chi connectivity index (χ0) is 14.7. The van der Waals surface area contributed by atoms with Crippen molar-refractivity contribution in [2.24, 2.45) is 5.73 Å². The minimum atomic E-state index is -5.67. The average Bonchev–Trinajstić information content (AvgIpc) is 2.27. The van der Waals surface area contributed by atoms with Crippen molar-refractivity contribution in [1.29, 1.82) is 0 Å². The van der Waals surface area contributed by atoms with E-state index in [0.29, 0.717) is 0 Å². The molecule has 1 unspecified atom stereocenters. The second-order valence-electron chi connectivity index (χ2n) is 3.88. The minimum absolute atomic E-state index is 0.246. The Kier molecular flexibility index (Phi) is 4.81. The fourth-order valence-corrected chi connectivity index (χ4v) is 1.23. The SMILES string of the molecule is NC(COCC(F)(F)C(F)(F)F)c1cccc(F)c1. The molecule has 0 amide bonds. The molecule has 0 aliphatic rings. The third kappa shape index (κ3) is 4.39. The minimum Gasteiger partial charge on any atom is -0.373 e. The second kappa shape index (κ2) is 5.79. The quantitative estimate of drug-likeness (QED) is 0.845. The van der Waals surface area contributed by atoms with E-state index >= 15 is 0 Å². The molecule has 19 heavy (non-hydrogen) atoms. The smallest absolute Gasteiger partial charge is 0.373 e. The van der Waals surface area contributed by atoms with Crippen LogP contribution in [-0.4, -0.2) is 25.3 Å².